The van der Waals surface area contributed by atoms with Crippen LogP contribution in [0.1, 0.15) is 37.0 Å². The first-order valence-electron chi connectivity index (χ1n) is 10.7. The largest absolute Gasteiger partial charge is 0.477 e. The maximum atomic E-state index is 13.5. The standard InChI is InChI=1S/C24H22N2O7/c1-3-24(33-22(21(28)29)31-4-2)16-10-18-19-14(9-13-7-5-6-8-17(13)25-19)11-26(18)20(27)15(16)12-32-23(24)30/h5-10,22H,3-4,11-12H2,1-2H3,(H,28,29). The predicted octanol–water partition coefficient (Wildman–Crippen LogP) is 2.55. The number of para-hydroxylation sites is 1. The molecule has 1 N–H and O–H groups in total. The topological polar surface area (TPSA) is 117 Å². The Kier molecular flexibility index (Phi) is 5.02. The van der Waals surface area contributed by atoms with Crippen LogP contribution in [0.3, 0.4) is 0 Å². The van der Waals surface area contributed by atoms with Crippen molar-refractivity contribution in [1.82, 2.24) is 9.55 Å². The van der Waals surface area contributed by atoms with Gasteiger partial charge in [0, 0.05) is 23.1 Å². The van der Waals surface area contributed by atoms with Gasteiger partial charge in [-0.2, -0.15) is 0 Å². The zero-order valence-corrected chi connectivity index (χ0v) is 18.2. The van der Waals surface area contributed by atoms with Crippen LogP contribution in [0, 0.1) is 0 Å². The number of esters is 1. The first kappa shape index (κ1) is 21.3. The molecule has 0 aliphatic carbocycles. The molecule has 5 rings (SSSR count). The highest BCUT2D eigenvalue weighted by Crippen LogP contribution is 2.41. The van der Waals surface area contributed by atoms with Crippen LogP contribution < -0.4 is 5.56 Å². The third-order valence-electron chi connectivity index (χ3n) is 6.21. The molecule has 0 spiro atoms. The van der Waals surface area contributed by atoms with Gasteiger partial charge in [0.05, 0.1) is 29.0 Å². The number of aliphatic carboxylic acids is 1. The highest BCUT2D eigenvalue weighted by Gasteiger charge is 2.50. The lowest BCUT2D eigenvalue weighted by molar-refractivity contribution is -0.237. The van der Waals surface area contributed by atoms with E-state index < -0.39 is 23.8 Å². The van der Waals surface area contributed by atoms with Gasteiger partial charge in [0.2, 0.25) is 0 Å². The molecule has 2 aromatic heterocycles. The molecule has 4 heterocycles. The number of carboxylic acid groups (broad SMARTS) is 1. The molecule has 0 amide bonds. The van der Waals surface area contributed by atoms with Crippen LogP contribution in [-0.4, -0.2) is 39.5 Å². The van der Waals surface area contributed by atoms with E-state index in [0.29, 0.717) is 23.5 Å². The maximum absolute atomic E-state index is 13.5. The normalized spacial score (nSPS) is 19.5. The summed E-state index contributed by atoms with van der Waals surface area (Å²) in [5.74, 6) is -2.13. The second-order valence-corrected chi connectivity index (χ2v) is 8.00. The van der Waals surface area contributed by atoms with Crippen molar-refractivity contribution >= 4 is 22.8 Å². The molecule has 170 valence electrons. The highest BCUT2D eigenvalue weighted by atomic mass is 16.7. The van der Waals surface area contributed by atoms with Gasteiger partial charge in [-0.25, -0.2) is 14.6 Å². The van der Waals surface area contributed by atoms with E-state index in [0.717, 1.165) is 16.5 Å². The fourth-order valence-electron chi connectivity index (χ4n) is 4.60. The van der Waals surface area contributed by atoms with Crippen LogP contribution in [0.15, 0.2) is 41.2 Å². The van der Waals surface area contributed by atoms with Crippen LogP contribution >= 0.6 is 0 Å². The first-order valence-corrected chi connectivity index (χ1v) is 10.7. The zero-order chi connectivity index (χ0) is 23.3. The lowest BCUT2D eigenvalue weighted by atomic mass is 9.85. The van der Waals surface area contributed by atoms with Gasteiger partial charge in [-0.1, -0.05) is 25.1 Å². The highest BCUT2D eigenvalue weighted by molar-refractivity contribution is 5.86. The number of fused-ring (bicyclic) bond motifs is 5. The fraction of sp³-hybridized carbons (Fsp3) is 0.333. The first-order chi connectivity index (χ1) is 15.9. The number of aromatic nitrogens is 2. The molecule has 0 fully saturated rings. The Labute approximate surface area is 188 Å². The quantitative estimate of drug-likeness (QED) is 0.352. The fourth-order valence-corrected chi connectivity index (χ4v) is 4.60. The van der Waals surface area contributed by atoms with E-state index in [1.165, 1.54) is 0 Å². The van der Waals surface area contributed by atoms with E-state index >= 15 is 0 Å². The molecule has 0 saturated heterocycles. The SMILES string of the molecule is CCOC(OC1(CC)C(=O)OCc2c1cc1n(c2=O)Cc2cc3ccccc3nc2-1)C(=O)O. The van der Waals surface area contributed by atoms with Crippen molar-refractivity contribution in [2.24, 2.45) is 0 Å². The Morgan fingerprint density at radius 1 is 1.27 bits per heavy atom. The van der Waals surface area contributed by atoms with Gasteiger partial charge in [-0.15, -0.1) is 0 Å². The summed E-state index contributed by atoms with van der Waals surface area (Å²) in [5.41, 5.74) is 1.33. The molecular weight excluding hydrogens is 428 g/mol. The zero-order valence-electron chi connectivity index (χ0n) is 18.2. The Morgan fingerprint density at radius 2 is 2.06 bits per heavy atom. The second-order valence-electron chi connectivity index (χ2n) is 8.00. The molecule has 33 heavy (non-hydrogen) atoms. The smallest absolute Gasteiger partial charge is 0.361 e. The molecule has 9 heteroatoms. The van der Waals surface area contributed by atoms with Crippen molar-refractivity contribution < 1.29 is 28.9 Å². The van der Waals surface area contributed by atoms with Crippen LogP contribution in [0.5, 0.6) is 0 Å². The predicted molar refractivity (Wildman–Crippen MR) is 116 cm³/mol. The molecule has 0 radical (unpaired) electrons. The van der Waals surface area contributed by atoms with Crippen LogP contribution in [0.25, 0.3) is 22.3 Å². The van der Waals surface area contributed by atoms with Crippen molar-refractivity contribution in [3.63, 3.8) is 0 Å². The minimum atomic E-state index is -1.79. The van der Waals surface area contributed by atoms with Crippen molar-refractivity contribution in [2.45, 2.75) is 45.3 Å². The van der Waals surface area contributed by atoms with Gasteiger partial charge < -0.3 is 23.9 Å². The van der Waals surface area contributed by atoms with E-state index in [1.807, 2.05) is 30.3 Å². The molecule has 2 aliphatic heterocycles. The molecule has 2 aliphatic rings. The molecule has 2 atom stereocenters. The van der Waals surface area contributed by atoms with Crippen molar-refractivity contribution in [3.05, 3.63) is 63.4 Å². The summed E-state index contributed by atoms with van der Waals surface area (Å²) in [6, 6.07) is 11.4. The Bertz CT molecular complexity index is 1360. The second kappa shape index (κ2) is 7.79. The Balaban J connectivity index is 1.72. The average Bonchev–Trinajstić information content (AvgIpc) is 3.17. The monoisotopic (exact) mass is 450 g/mol. The van der Waals surface area contributed by atoms with Gasteiger partial charge in [0.15, 0.2) is 5.60 Å². The van der Waals surface area contributed by atoms with Crippen LogP contribution in [0.2, 0.25) is 0 Å². The van der Waals surface area contributed by atoms with Crippen LogP contribution in [0.4, 0.5) is 0 Å². The van der Waals surface area contributed by atoms with Gasteiger partial charge >= 0.3 is 11.9 Å². The Morgan fingerprint density at radius 3 is 2.79 bits per heavy atom. The van der Waals surface area contributed by atoms with Crippen molar-refractivity contribution in [2.75, 3.05) is 6.61 Å². The number of cyclic esters (lactones) is 1. The molecule has 1 aromatic carbocycles. The third kappa shape index (κ3) is 3.15. The summed E-state index contributed by atoms with van der Waals surface area (Å²) in [6.45, 7) is 3.49. The maximum Gasteiger partial charge on any atom is 0.361 e. The number of rotatable bonds is 6. The number of hydrogen-bond acceptors (Lipinski definition) is 7. The summed E-state index contributed by atoms with van der Waals surface area (Å²) in [7, 11) is 0. The molecule has 0 bridgehead atoms. The lowest BCUT2D eigenvalue weighted by Crippen LogP contribution is -2.50. The van der Waals surface area contributed by atoms with E-state index in [-0.39, 0.29) is 30.8 Å². The molecular formula is C24H22N2O7. The number of carboxylic acids is 1. The minimum Gasteiger partial charge on any atom is -0.477 e. The minimum absolute atomic E-state index is 0.0522. The number of carbonyl (C=O) groups excluding carboxylic acids is 1. The lowest BCUT2D eigenvalue weighted by Gasteiger charge is -2.37. The molecule has 0 saturated carbocycles. The molecule has 2 unspecified atom stereocenters. The summed E-state index contributed by atoms with van der Waals surface area (Å²) in [5, 5.41) is 10.5. The number of pyridine rings is 2. The van der Waals surface area contributed by atoms with Crippen molar-refractivity contribution in [3.8, 4) is 11.4 Å². The van der Waals surface area contributed by atoms with Gasteiger partial charge in [-0.3, -0.25) is 4.79 Å². The van der Waals surface area contributed by atoms with Gasteiger partial charge in [0.25, 0.3) is 11.8 Å². The molecule has 3 aromatic rings. The van der Waals surface area contributed by atoms with Crippen LogP contribution in [-0.2, 0) is 42.6 Å². The van der Waals surface area contributed by atoms with E-state index in [2.05, 4.69) is 0 Å². The number of nitrogens with zero attached hydrogens (tertiary/aromatic N) is 2. The van der Waals surface area contributed by atoms with Crippen molar-refractivity contribution in [1.29, 1.82) is 0 Å². The summed E-state index contributed by atoms with van der Waals surface area (Å²) >= 11 is 0. The third-order valence-corrected chi connectivity index (χ3v) is 6.21. The molecule has 9 nitrogen and oxygen atoms in total. The van der Waals surface area contributed by atoms with E-state index in [9.17, 15) is 19.5 Å². The number of benzene rings is 1. The summed E-state index contributed by atoms with van der Waals surface area (Å²) in [6.07, 6.45) is -1.64. The number of carbonyl (C=O) groups is 2. The number of hydrogen-bond donors (Lipinski definition) is 1. The summed E-state index contributed by atoms with van der Waals surface area (Å²) < 4.78 is 17.9. The van der Waals surface area contributed by atoms with Gasteiger partial charge in [-0.05, 0) is 31.5 Å². The number of ether oxygens (including phenoxy) is 3. The van der Waals surface area contributed by atoms with Gasteiger partial charge in [0.1, 0.15) is 6.61 Å². The summed E-state index contributed by atoms with van der Waals surface area (Å²) in [4.78, 5) is 42.9. The average molecular weight is 450 g/mol. The van der Waals surface area contributed by atoms with E-state index in [1.54, 1.807) is 24.5 Å². The van der Waals surface area contributed by atoms with E-state index in [4.69, 9.17) is 19.2 Å². The Hall–Kier alpha value is -3.56.